The van der Waals surface area contributed by atoms with Gasteiger partial charge in [0, 0.05) is 21.2 Å². The molecule has 0 fully saturated rings. The van der Waals surface area contributed by atoms with Crippen molar-refractivity contribution in [3.8, 4) is 5.75 Å². The van der Waals surface area contributed by atoms with Crippen molar-refractivity contribution < 1.29 is 14.3 Å². The summed E-state index contributed by atoms with van der Waals surface area (Å²) >= 11 is 12.1. The van der Waals surface area contributed by atoms with Crippen LogP contribution in [0.5, 0.6) is 5.75 Å². The van der Waals surface area contributed by atoms with Crippen LogP contribution in [0, 0.1) is 0 Å². The molecule has 0 saturated heterocycles. The summed E-state index contributed by atoms with van der Waals surface area (Å²) in [6, 6.07) is 21.9. The average molecular weight is 424 g/mol. The van der Waals surface area contributed by atoms with Crippen molar-refractivity contribution in [3.05, 3.63) is 105 Å². The molecule has 4 nitrogen and oxygen atoms in total. The third kappa shape index (κ3) is 4.67. The van der Waals surface area contributed by atoms with E-state index in [9.17, 15) is 4.79 Å². The van der Waals surface area contributed by atoms with E-state index < -0.39 is 5.97 Å². The summed E-state index contributed by atoms with van der Waals surface area (Å²) in [5.74, 6) is 0.517. The molecule has 0 amide bonds. The van der Waals surface area contributed by atoms with Crippen molar-refractivity contribution in [3.63, 3.8) is 0 Å². The highest BCUT2D eigenvalue weighted by Gasteiger charge is 2.23. The molecule has 0 saturated carbocycles. The van der Waals surface area contributed by atoms with Gasteiger partial charge in [-0.2, -0.15) is 0 Å². The number of halogens is 2. The van der Waals surface area contributed by atoms with Crippen LogP contribution in [-0.2, 0) is 16.1 Å². The van der Waals surface area contributed by atoms with Crippen LogP contribution in [0.15, 0.2) is 83.5 Å². The standard InChI is InChI=1S/C23H15Cl2NO3/c24-18-9-8-17(20(25)13-18)14-28-19-10-6-15(7-11-19)12-21-23(27)29-22(26-21)16-4-2-1-3-5-16/h1-13H,14H2/b21-12+. The molecule has 6 heteroatoms. The molecule has 29 heavy (non-hydrogen) atoms. The van der Waals surface area contributed by atoms with E-state index >= 15 is 0 Å². The van der Waals surface area contributed by atoms with Crippen LogP contribution in [0.4, 0.5) is 0 Å². The van der Waals surface area contributed by atoms with Gasteiger partial charge in [0.05, 0.1) is 0 Å². The number of cyclic esters (lactones) is 1. The van der Waals surface area contributed by atoms with Crippen molar-refractivity contribution >= 4 is 41.1 Å². The summed E-state index contributed by atoms with van der Waals surface area (Å²) in [7, 11) is 0. The number of hydrogen-bond donors (Lipinski definition) is 0. The highest BCUT2D eigenvalue weighted by Crippen LogP contribution is 2.24. The van der Waals surface area contributed by atoms with Gasteiger partial charge in [-0.05, 0) is 48.0 Å². The van der Waals surface area contributed by atoms with Crippen LogP contribution >= 0.6 is 23.2 Å². The monoisotopic (exact) mass is 423 g/mol. The Bertz CT molecular complexity index is 1110. The first-order valence-electron chi connectivity index (χ1n) is 8.83. The van der Waals surface area contributed by atoms with Gasteiger partial charge in [-0.15, -0.1) is 0 Å². The molecule has 1 heterocycles. The second-order valence-corrected chi connectivity index (χ2v) is 7.14. The zero-order chi connectivity index (χ0) is 20.2. The molecule has 0 atom stereocenters. The zero-order valence-electron chi connectivity index (χ0n) is 15.1. The molecule has 0 spiro atoms. The summed E-state index contributed by atoms with van der Waals surface area (Å²) in [5.41, 5.74) is 2.67. The number of carbonyl (C=O) groups excluding carboxylic acids is 1. The number of aliphatic imine (C=N–C) groups is 1. The van der Waals surface area contributed by atoms with E-state index in [4.69, 9.17) is 32.7 Å². The van der Waals surface area contributed by atoms with Crippen molar-refractivity contribution in [2.24, 2.45) is 4.99 Å². The lowest BCUT2D eigenvalue weighted by Crippen LogP contribution is -2.04. The van der Waals surface area contributed by atoms with Gasteiger partial charge in [-0.1, -0.05) is 59.6 Å². The number of ether oxygens (including phenoxy) is 2. The molecule has 0 aliphatic carbocycles. The minimum atomic E-state index is -0.471. The minimum absolute atomic E-state index is 0.255. The molecule has 144 valence electrons. The molecular formula is C23H15Cl2NO3. The van der Waals surface area contributed by atoms with Gasteiger partial charge in [-0.3, -0.25) is 0 Å². The van der Waals surface area contributed by atoms with Crippen LogP contribution in [0.3, 0.4) is 0 Å². The molecule has 0 N–H and O–H groups in total. The highest BCUT2D eigenvalue weighted by atomic mass is 35.5. The maximum Gasteiger partial charge on any atom is 0.363 e. The number of esters is 1. The molecule has 3 aromatic carbocycles. The second kappa shape index (κ2) is 8.52. The number of rotatable bonds is 5. The van der Waals surface area contributed by atoms with Crippen LogP contribution in [0.1, 0.15) is 16.7 Å². The first kappa shape index (κ1) is 19.2. The van der Waals surface area contributed by atoms with Gasteiger partial charge in [0.2, 0.25) is 5.90 Å². The van der Waals surface area contributed by atoms with Gasteiger partial charge >= 0.3 is 5.97 Å². The maximum absolute atomic E-state index is 12.1. The van der Waals surface area contributed by atoms with Gasteiger partial charge in [0.1, 0.15) is 12.4 Å². The fraction of sp³-hybridized carbons (Fsp3) is 0.0435. The maximum atomic E-state index is 12.1. The number of benzene rings is 3. The Morgan fingerprint density at radius 2 is 1.72 bits per heavy atom. The summed E-state index contributed by atoms with van der Waals surface area (Å²) in [4.78, 5) is 16.4. The molecule has 1 aliphatic heterocycles. The molecule has 3 aromatic rings. The molecule has 0 aromatic heterocycles. The third-order valence-corrected chi connectivity index (χ3v) is 4.82. The highest BCUT2D eigenvalue weighted by molar-refractivity contribution is 6.35. The molecule has 0 unspecified atom stereocenters. The van der Waals surface area contributed by atoms with Crippen molar-refractivity contribution in [1.29, 1.82) is 0 Å². The topological polar surface area (TPSA) is 47.9 Å². The molecular weight excluding hydrogens is 409 g/mol. The van der Waals surface area contributed by atoms with E-state index in [2.05, 4.69) is 4.99 Å². The predicted octanol–water partition coefficient (Wildman–Crippen LogP) is 5.92. The molecule has 0 radical (unpaired) electrons. The molecule has 1 aliphatic rings. The summed E-state index contributed by atoms with van der Waals surface area (Å²) in [6.45, 7) is 0.327. The van der Waals surface area contributed by atoms with Crippen LogP contribution < -0.4 is 4.74 Å². The Morgan fingerprint density at radius 1 is 0.966 bits per heavy atom. The van der Waals surface area contributed by atoms with Gasteiger partial charge in [-0.25, -0.2) is 9.79 Å². The summed E-state index contributed by atoms with van der Waals surface area (Å²) in [5, 5.41) is 1.14. The van der Waals surface area contributed by atoms with E-state index in [0.29, 0.717) is 28.3 Å². The zero-order valence-corrected chi connectivity index (χ0v) is 16.7. The first-order chi connectivity index (χ1) is 14.1. The third-order valence-electron chi connectivity index (χ3n) is 4.23. The number of hydrogen-bond acceptors (Lipinski definition) is 4. The van der Waals surface area contributed by atoms with Crippen molar-refractivity contribution in [2.45, 2.75) is 6.61 Å². The Kier molecular flexibility index (Phi) is 5.65. The van der Waals surface area contributed by atoms with E-state index in [0.717, 1.165) is 16.7 Å². The lowest BCUT2D eigenvalue weighted by Gasteiger charge is -2.08. The van der Waals surface area contributed by atoms with Gasteiger partial charge in [0.15, 0.2) is 5.70 Å². The first-order valence-corrected chi connectivity index (χ1v) is 9.59. The Labute approximate surface area is 178 Å². The van der Waals surface area contributed by atoms with Crippen LogP contribution in [-0.4, -0.2) is 11.9 Å². The number of nitrogens with zero attached hydrogens (tertiary/aromatic N) is 1. The van der Waals surface area contributed by atoms with Crippen molar-refractivity contribution in [1.82, 2.24) is 0 Å². The van der Waals surface area contributed by atoms with E-state index in [-0.39, 0.29) is 5.70 Å². The lowest BCUT2D eigenvalue weighted by molar-refractivity contribution is -0.129. The van der Waals surface area contributed by atoms with Gasteiger partial charge in [0.25, 0.3) is 0 Å². The SMILES string of the molecule is O=C1OC(c2ccccc2)=N/C1=C/c1ccc(OCc2ccc(Cl)cc2Cl)cc1. The van der Waals surface area contributed by atoms with Gasteiger partial charge < -0.3 is 9.47 Å². The lowest BCUT2D eigenvalue weighted by atomic mass is 10.2. The number of carbonyl (C=O) groups is 1. The van der Waals surface area contributed by atoms with E-state index in [1.165, 1.54) is 0 Å². The summed E-state index contributed by atoms with van der Waals surface area (Å²) in [6.07, 6.45) is 1.68. The largest absolute Gasteiger partial charge is 0.489 e. The second-order valence-electron chi connectivity index (χ2n) is 6.30. The predicted molar refractivity (Wildman–Crippen MR) is 114 cm³/mol. The van der Waals surface area contributed by atoms with E-state index in [1.54, 1.807) is 18.2 Å². The quantitative estimate of drug-likeness (QED) is 0.378. The fourth-order valence-electron chi connectivity index (χ4n) is 2.73. The Balaban J connectivity index is 1.45. The Hall–Kier alpha value is -3.08. The fourth-order valence-corrected chi connectivity index (χ4v) is 3.19. The summed E-state index contributed by atoms with van der Waals surface area (Å²) < 4.78 is 11.0. The normalized spacial score (nSPS) is 14.6. The smallest absolute Gasteiger partial charge is 0.363 e. The van der Waals surface area contributed by atoms with Crippen molar-refractivity contribution in [2.75, 3.05) is 0 Å². The van der Waals surface area contributed by atoms with Crippen LogP contribution in [0.25, 0.3) is 6.08 Å². The molecule has 0 bridgehead atoms. The average Bonchev–Trinajstić information content (AvgIpc) is 3.09. The minimum Gasteiger partial charge on any atom is -0.489 e. The van der Waals surface area contributed by atoms with E-state index in [1.807, 2.05) is 60.7 Å². The molecule has 4 rings (SSSR count). The van der Waals surface area contributed by atoms with Crippen LogP contribution in [0.2, 0.25) is 10.0 Å². The Morgan fingerprint density at radius 3 is 2.45 bits per heavy atom.